The van der Waals surface area contributed by atoms with Crippen molar-refractivity contribution in [3.05, 3.63) is 46.0 Å². The molecule has 1 aliphatic rings. The Bertz CT molecular complexity index is 631. The van der Waals surface area contributed by atoms with Gasteiger partial charge < -0.3 is 14.1 Å². The zero-order valence-electron chi connectivity index (χ0n) is 10.9. The number of hydrogen-bond donors (Lipinski definition) is 0. The lowest BCUT2D eigenvalue weighted by atomic mass is 9.99. The van der Waals surface area contributed by atoms with Gasteiger partial charge in [0.15, 0.2) is 11.8 Å². The SMILES string of the molecule is COC(=O)C1c2ccsc2CCN1C(=O)c1ccco1. The highest BCUT2D eigenvalue weighted by Gasteiger charge is 2.38. The lowest BCUT2D eigenvalue weighted by Crippen LogP contribution is -2.43. The van der Waals surface area contributed by atoms with Gasteiger partial charge in [-0.1, -0.05) is 0 Å². The standard InChI is InChI=1S/C14H13NO4S/c1-18-14(17)12-9-5-8-20-11(9)4-6-15(12)13(16)10-3-2-7-19-10/h2-3,5,7-8,12H,4,6H2,1H3. The highest BCUT2D eigenvalue weighted by atomic mass is 32.1. The van der Waals surface area contributed by atoms with E-state index in [0.717, 1.165) is 16.9 Å². The van der Waals surface area contributed by atoms with Crippen LogP contribution in [0.3, 0.4) is 0 Å². The van der Waals surface area contributed by atoms with Gasteiger partial charge in [-0.3, -0.25) is 4.79 Å². The molecule has 1 aliphatic heterocycles. The lowest BCUT2D eigenvalue weighted by Gasteiger charge is -2.33. The minimum absolute atomic E-state index is 0.234. The Morgan fingerprint density at radius 3 is 3.00 bits per heavy atom. The van der Waals surface area contributed by atoms with E-state index in [9.17, 15) is 9.59 Å². The second-order valence-corrected chi connectivity index (χ2v) is 5.45. The molecule has 6 heteroatoms. The number of amides is 1. The molecular formula is C14H13NO4S. The van der Waals surface area contributed by atoms with Gasteiger partial charge in [-0.05, 0) is 35.6 Å². The summed E-state index contributed by atoms with van der Waals surface area (Å²) in [5, 5.41) is 1.93. The molecule has 20 heavy (non-hydrogen) atoms. The number of rotatable bonds is 2. The van der Waals surface area contributed by atoms with Crippen LogP contribution >= 0.6 is 11.3 Å². The van der Waals surface area contributed by atoms with Crippen LogP contribution in [0.2, 0.25) is 0 Å². The molecule has 3 rings (SSSR count). The second kappa shape index (κ2) is 5.13. The van der Waals surface area contributed by atoms with Crippen LogP contribution in [0.5, 0.6) is 0 Å². The number of furan rings is 1. The minimum atomic E-state index is -0.687. The summed E-state index contributed by atoms with van der Waals surface area (Å²) in [6.45, 7) is 0.479. The number of methoxy groups -OCH3 is 1. The molecule has 1 atom stereocenters. The van der Waals surface area contributed by atoms with Crippen molar-refractivity contribution in [2.45, 2.75) is 12.5 Å². The van der Waals surface area contributed by atoms with Crippen molar-refractivity contribution in [1.29, 1.82) is 0 Å². The van der Waals surface area contributed by atoms with Gasteiger partial charge in [0.1, 0.15) is 0 Å². The van der Waals surface area contributed by atoms with E-state index in [-0.39, 0.29) is 11.7 Å². The highest BCUT2D eigenvalue weighted by Crippen LogP contribution is 2.34. The molecule has 0 radical (unpaired) electrons. The van der Waals surface area contributed by atoms with E-state index >= 15 is 0 Å². The van der Waals surface area contributed by atoms with E-state index in [4.69, 9.17) is 9.15 Å². The zero-order chi connectivity index (χ0) is 14.1. The van der Waals surface area contributed by atoms with Crippen LogP contribution in [-0.2, 0) is 16.0 Å². The van der Waals surface area contributed by atoms with Crippen LogP contribution < -0.4 is 0 Å². The van der Waals surface area contributed by atoms with Gasteiger partial charge in [0.2, 0.25) is 0 Å². The summed E-state index contributed by atoms with van der Waals surface area (Å²) < 4.78 is 9.99. The number of thiophene rings is 1. The lowest BCUT2D eigenvalue weighted by molar-refractivity contribution is -0.146. The smallest absolute Gasteiger partial charge is 0.333 e. The van der Waals surface area contributed by atoms with Crippen LogP contribution in [0, 0.1) is 0 Å². The summed E-state index contributed by atoms with van der Waals surface area (Å²) >= 11 is 1.60. The summed E-state index contributed by atoms with van der Waals surface area (Å²) in [5.41, 5.74) is 0.855. The van der Waals surface area contributed by atoms with Crippen molar-refractivity contribution in [2.75, 3.05) is 13.7 Å². The second-order valence-electron chi connectivity index (χ2n) is 4.45. The Balaban J connectivity index is 1.98. The fraction of sp³-hybridized carbons (Fsp3) is 0.286. The summed E-state index contributed by atoms with van der Waals surface area (Å²) in [6.07, 6.45) is 2.19. The monoisotopic (exact) mass is 291 g/mol. The Morgan fingerprint density at radius 2 is 2.30 bits per heavy atom. The van der Waals surface area contributed by atoms with Crippen molar-refractivity contribution in [3.8, 4) is 0 Å². The van der Waals surface area contributed by atoms with Crippen LogP contribution in [0.25, 0.3) is 0 Å². The average Bonchev–Trinajstić information content (AvgIpc) is 3.14. The quantitative estimate of drug-likeness (QED) is 0.796. The predicted molar refractivity (Wildman–Crippen MR) is 72.5 cm³/mol. The molecule has 104 valence electrons. The van der Waals surface area contributed by atoms with Gasteiger partial charge >= 0.3 is 5.97 Å². The third kappa shape index (κ3) is 2.02. The van der Waals surface area contributed by atoms with Crippen LogP contribution in [0.4, 0.5) is 0 Å². The predicted octanol–water partition coefficient (Wildman–Crippen LogP) is 2.25. The molecule has 0 aliphatic carbocycles. The van der Waals surface area contributed by atoms with Gasteiger partial charge in [0, 0.05) is 11.4 Å². The number of carbonyl (C=O) groups is 2. The number of nitrogens with zero attached hydrogens (tertiary/aromatic N) is 1. The zero-order valence-corrected chi connectivity index (χ0v) is 11.7. The highest BCUT2D eigenvalue weighted by molar-refractivity contribution is 7.10. The van der Waals surface area contributed by atoms with Gasteiger partial charge in [-0.2, -0.15) is 0 Å². The number of carbonyl (C=O) groups excluding carboxylic acids is 2. The summed E-state index contributed by atoms with van der Waals surface area (Å²) in [6, 6.07) is 4.44. The van der Waals surface area contributed by atoms with Crippen molar-refractivity contribution in [3.63, 3.8) is 0 Å². The largest absolute Gasteiger partial charge is 0.467 e. The fourth-order valence-electron chi connectivity index (χ4n) is 2.44. The van der Waals surface area contributed by atoms with Crippen LogP contribution in [0.1, 0.15) is 27.0 Å². The molecule has 0 bridgehead atoms. The van der Waals surface area contributed by atoms with Crippen molar-refractivity contribution in [1.82, 2.24) is 4.90 Å². The third-order valence-electron chi connectivity index (χ3n) is 3.38. The molecule has 0 N–H and O–H groups in total. The molecule has 2 aromatic heterocycles. The van der Waals surface area contributed by atoms with Gasteiger partial charge in [0.05, 0.1) is 13.4 Å². The normalized spacial score (nSPS) is 17.6. The Labute approximate surface area is 119 Å². The summed E-state index contributed by atoms with van der Waals surface area (Å²) in [4.78, 5) is 27.2. The Kier molecular flexibility index (Phi) is 3.31. The maximum atomic E-state index is 12.5. The summed E-state index contributed by atoms with van der Waals surface area (Å²) in [5.74, 6) is -0.482. The van der Waals surface area contributed by atoms with Crippen molar-refractivity contribution < 1.29 is 18.7 Å². The fourth-order valence-corrected chi connectivity index (χ4v) is 3.35. The molecular weight excluding hydrogens is 278 g/mol. The number of fused-ring (bicyclic) bond motifs is 1. The minimum Gasteiger partial charge on any atom is -0.467 e. The van der Waals surface area contributed by atoms with Crippen molar-refractivity contribution >= 4 is 23.2 Å². The maximum absolute atomic E-state index is 12.5. The number of ether oxygens (including phenoxy) is 1. The molecule has 5 nitrogen and oxygen atoms in total. The average molecular weight is 291 g/mol. The van der Waals surface area contributed by atoms with E-state index in [1.807, 2.05) is 11.4 Å². The number of esters is 1. The number of hydrogen-bond acceptors (Lipinski definition) is 5. The molecule has 1 amide bonds. The first-order valence-electron chi connectivity index (χ1n) is 6.21. The molecule has 3 heterocycles. The van der Waals surface area contributed by atoms with Gasteiger partial charge in [-0.15, -0.1) is 11.3 Å². The van der Waals surface area contributed by atoms with E-state index in [0.29, 0.717) is 6.54 Å². The molecule has 1 unspecified atom stereocenters. The molecule has 0 fully saturated rings. The molecule has 0 spiro atoms. The van der Waals surface area contributed by atoms with E-state index in [2.05, 4.69) is 0 Å². The first-order valence-corrected chi connectivity index (χ1v) is 7.09. The van der Waals surface area contributed by atoms with Crippen molar-refractivity contribution in [2.24, 2.45) is 0 Å². The van der Waals surface area contributed by atoms with Crippen LogP contribution in [0.15, 0.2) is 34.3 Å². The molecule has 0 saturated heterocycles. The van der Waals surface area contributed by atoms with E-state index < -0.39 is 12.0 Å². The molecule has 0 saturated carbocycles. The molecule has 2 aromatic rings. The first kappa shape index (κ1) is 12.9. The Hall–Kier alpha value is -2.08. The summed E-state index contributed by atoms with van der Waals surface area (Å²) in [7, 11) is 1.33. The Morgan fingerprint density at radius 1 is 1.45 bits per heavy atom. The topological polar surface area (TPSA) is 59.8 Å². The molecule has 0 aromatic carbocycles. The van der Waals surface area contributed by atoms with Crippen LogP contribution in [-0.4, -0.2) is 30.4 Å². The van der Waals surface area contributed by atoms with Gasteiger partial charge in [-0.25, -0.2) is 4.79 Å². The van der Waals surface area contributed by atoms with E-state index in [1.165, 1.54) is 18.3 Å². The maximum Gasteiger partial charge on any atom is 0.333 e. The van der Waals surface area contributed by atoms with Gasteiger partial charge in [0.25, 0.3) is 5.91 Å². The van der Waals surface area contributed by atoms with E-state index in [1.54, 1.807) is 23.5 Å². The third-order valence-corrected chi connectivity index (χ3v) is 4.38. The first-order chi connectivity index (χ1) is 9.72.